The quantitative estimate of drug-likeness (QED) is 0.731. The average molecular weight is 329 g/mol. The summed E-state index contributed by atoms with van der Waals surface area (Å²) in [7, 11) is 0. The summed E-state index contributed by atoms with van der Waals surface area (Å²) in [6.45, 7) is 2.20. The largest absolute Gasteiger partial charge is 0.461 e. The van der Waals surface area contributed by atoms with Crippen molar-refractivity contribution in [3.05, 3.63) is 47.6 Å². The van der Waals surface area contributed by atoms with E-state index < -0.39 is 5.97 Å². The highest BCUT2D eigenvalue weighted by atomic mass is 32.1. The molecule has 0 fully saturated rings. The molecule has 1 aromatic carbocycles. The number of amides is 1. The van der Waals surface area contributed by atoms with Gasteiger partial charge < -0.3 is 14.6 Å². The molecule has 0 bridgehead atoms. The van der Waals surface area contributed by atoms with Gasteiger partial charge in [0, 0.05) is 17.1 Å². The molecule has 0 aliphatic heterocycles. The second kappa shape index (κ2) is 6.62. The van der Waals surface area contributed by atoms with Crippen molar-refractivity contribution in [1.82, 2.24) is 9.55 Å². The number of aromatic nitrogens is 2. The predicted octanol–water partition coefficient (Wildman–Crippen LogP) is 2.91. The first-order valence-electron chi connectivity index (χ1n) is 7.13. The lowest BCUT2D eigenvalue weighted by molar-refractivity contribution is -0.116. The average Bonchev–Trinajstić information content (AvgIpc) is 3.15. The molecule has 0 unspecified atom stereocenters. The molecule has 7 heteroatoms. The van der Waals surface area contributed by atoms with Crippen LogP contribution in [0.1, 0.15) is 17.4 Å². The summed E-state index contributed by atoms with van der Waals surface area (Å²) >= 11 is 1.20. The number of esters is 1. The Hall–Kier alpha value is -2.67. The summed E-state index contributed by atoms with van der Waals surface area (Å²) < 4.78 is 6.73. The van der Waals surface area contributed by atoms with E-state index in [9.17, 15) is 9.59 Å². The fourth-order valence-electron chi connectivity index (χ4n) is 2.22. The summed E-state index contributed by atoms with van der Waals surface area (Å²) in [5, 5.41) is 5.74. The number of ether oxygens (including phenoxy) is 1. The molecule has 1 N–H and O–H groups in total. The number of para-hydroxylation sites is 1. The number of benzene rings is 1. The van der Waals surface area contributed by atoms with Crippen molar-refractivity contribution in [2.24, 2.45) is 0 Å². The Kier molecular flexibility index (Phi) is 4.38. The maximum atomic E-state index is 12.1. The topological polar surface area (TPSA) is 73.2 Å². The Morgan fingerprint density at radius 1 is 1.30 bits per heavy atom. The summed E-state index contributed by atoms with van der Waals surface area (Å²) in [5.74, 6) is -0.684. The van der Waals surface area contributed by atoms with Crippen molar-refractivity contribution in [2.45, 2.75) is 13.5 Å². The minimum atomic E-state index is -0.486. The van der Waals surface area contributed by atoms with Crippen LogP contribution in [-0.2, 0) is 16.1 Å². The van der Waals surface area contributed by atoms with Gasteiger partial charge in [-0.15, -0.1) is 11.3 Å². The predicted molar refractivity (Wildman–Crippen MR) is 88.6 cm³/mol. The number of fused-ring (bicyclic) bond motifs is 1. The van der Waals surface area contributed by atoms with Crippen LogP contribution in [0.25, 0.3) is 10.9 Å². The summed E-state index contributed by atoms with van der Waals surface area (Å²) in [4.78, 5) is 27.8. The van der Waals surface area contributed by atoms with Gasteiger partial charge in [-0.25, -0.2) is 9.78 Å². The molecular weight excluding hydrogens is 314 g/mol. The lowest BCUT2D eigenvalue weighted by atomic mass is 10.2. The van der Waals surface area contributed by atoms with E-state index in [4.69, 9.17) is 4.74 Å². The van der Waals surface area contributed by atoms with E-state index in [0.717, 1.165) is 10.9 Å². The Morgan fingerprint density at radius 3 is 2.96 bits per heavy atom. The molecule has 3 rings (SSSR count). The second-order valence-electron chi connectivity index (χ2n) is 4.81. The first-order valence-corrected chi connectivity index (χ1v) is 8.01. The monoisotopic (exact) mass is 329 g/mol. The van der Waals surface area contributed by atoms with Crippen molar-refractivity contribution < 1.29 is 14.3 Å². The van der Waals surface area contributed by atoms with Gasteiger partial charge in [0.1, 0.15) is 6.54 Å². The molecule has 0 atom stereocenters. The van der Waals surface area contributed by atoms with Gasteiger partial charge in [-0.2, -0.15) is 0 Å². The minimum absolute atomic E-state index is 0.182. The Balaban J connectivity index is 1.67. The zero-order chi connectivity index (χ0) is 16.2. The summed E-state index contributed by atoms with van der Waals surface area (Å²) in [5.41, 5.74) is 1.20. The summed E-state index contributed by atoms with van der Waals surface area (Å²) in [6.07, 6.45) is 1.87. The smallest absolute Gasteiger partial charge is 0.357 e. The molecule has 2 aromatic heterocycles. The van der Waals surface area contributed by atoms with Crippen molar-refractivity contribution in [1.29, 1.82) is 0 Å². The van der Waals surface area contributed by atoms with E-state index >= 15 is 0 Å². The lowest BCUT2D eigenvalue weighted by Gasteiger charge is -2.05. The first kappa shape index (κ1) is 15.2. The fourth-order valence-corrected chi connectivity index (χ4v) is 2.92. The number of carbonyl (C=O) groups excluding carboxylic acids is 2. The molecule has 0 radical (unpaired) electrons. The van der Waals surface area contributed by atoms with Crippen LogP contribution in [0, 0.1) is 0 Å². The van der Waals surface area contributed by atoms with Gasteiger partial charge in [0.2, 0.25) is 5.91 Å². The van der Waals surface area contributed by atoms with Crippen LogP contribution in [0.4, 0.5) is 5.13 Å². The highest BCUT2D eigenvalue weighted by Gasteiger charge is 2.13. The van der Waals surface area contributed by atoms with Crippen LogP contribution in [0.5, 0.6) is 0 Å². The van der Waals surface area contributed by atoms with E-state index in [1.807, 2.05) is 41.1 Å². The third-order valence-corrected chi connectivity index (χ3v) is 3.99. The van der Waals surface area contributed by atoms with Gasteiger partial charge >= 0.3 is 5.97 Å². The third kappa shape index (κ3) is 3.40. The van der Waals surface area contributed by atoms with E-state index in [2.05, 4.69) is 10.3 Å². The second-order valence-corrected chi connectivity index (χ2v) is 5.67. The van der Waals surface area contributed by atoms with Gasteiger partial charge in [-0.05, 0) is 24.4 Å². The molecule has 0 aliphatic carbocycles. The number of hydrogen-bond acceptors (Lipinski definition) is 5. The van der Waals surface area contributed by atoms with Crippen LogP contribution >= 0.6 is 11.3 Å². The minimum Gasteiger partial charge on any atom is -0.461 e. The van der Waals surface area contributed by atoms with E-state index in [1.54, 1.807) is 12.3 Å². The number of anilines is 1. The molecule has 23 heavy (non-hydrogen) atoms. The lowest BCUT2D eigenvalue weighted by Crippen LogP contribution is -2.18. The number of hydrogen-bond donors (Lipinski definition) is 1. The standard InChI is InChI=1S/C16H15N3O3S/c1-2-22-15(21)12-10-23-16(17-12)18-14(20)9-19-8-7-11-5-3-4-6-13(11)19/h3-8,10H,2,9H2,1H3,(H,17,18,20). The Morgan fingerprint density at radius 2 is 2.13 bits per heavy atom. The highest BCUT2D eigenvalue weighted by molar-refractivity contribution is 7.14. The normalized spacial score (nSPS) is 10.7. The van der Waals surface area contributed by atoms with Gasteiger partial charge in [0.15, 0.2) is 10.8 Å². The van der Waals surface area contributed by atoms with Crippen molar-refractivity contribution in [3.8, 4) is 0 Å². The Labute approximate surface area is 136 Å². The van der Waals surface area contributed by atoms with Crippen LogP contribution in [0.15, 0.2) is 41.9 Å². The number of rotatable bonds is 5. The number of nitrogens with one attached hydrogen (secondary N) is 1. The number of thiazole rings is 1. The van der Waals surface area contributed by atoms with Gasteiger partial charge in [0.05, 0.1) is 6.61 Å². The first-order chi connectivity index (χ1) is 11.2. The van der Waals surface area contributed by atoms with Crippen LogP contribution in [-0.4, -0.2) is 28.0 Å². The zero-order valence-corrected chi connectivity index (χ0v) is 13.3. The van der Waals surface area contributed by atoms with Crippen molar-refractivity contribution in [3.63, 3.8) is 0 Å². The van der Waals surface area contributed by atoms with Crippen LogP contribution < -0.4 is 5.32 Å². The van der Waals surface area contributed by atoms with E-state index in [-0.39, 0.29) is 18.1 Å². The molecule has 3 aromatic rings. The Bertz CT molecular complexity index is 853. The molecule has 0 aliphatic rings. The fraction of sp³-hybridized carbons (Fsp3) is 0.188. The third-order valence-electron chi connectivity index (χ3n) is 3.23. The zero-order valence-electron chi connectivity index (χ0n) is 12.5. The molecule has 118 valence electrons. The van der Waals surface area contributed by atoms with Crippen LogP contribution in [0.2, 0.25) is 0 Å². The maximum absolute atomic E-state index is 12.1. The van der Waals surface area contributed by atoms with Crippen molar-refractivity contribution >= 4 is 39.2 Å². The molecule has 0 saturated carbocycles. The van der Waals surface area contributed by atoms with Gasteiger partial charge in [-0.3, -0.25) is 4.79 Å². The van der Waals surface area contributed by atoms with Gasteiger partial charge in [0.25, 0.3) is 0 Å². The number of carbonyl (C=O) groups is 2. The molecule has 0 saturated heterocycles. The molecular formula is C16H15N3O3S. The number of nitrogens with zero attached hydrogens (tertiary/aromatic N) is 2. The van der Waals surface area contributed by atoms with Crippen molar-refractivity contribution in [2.75, 3.05) is 11.9 Å². The highest BCUT2D eigenvalue weighted by Crippen LogP contribution is 2.18. The molecule has 0 spiro atoms. The van der Waals surface area contributed by atoms with E-state index in [0.29, 0.717) is 11.7 Å². The SMILES string of the molecule is CCOC(=O)c1csc(NC(=O)Cn2ccc3ccccc32)n1. The maximum Gasteiger partial charge on any atom is 0.357 e. The van der Waals surface area contributed by atoms with Gasteiger partial charge in [-0.1, -0.05) is 18.2 Å². The molecule has 6 nitrogen and oxygen atoms in total. The molecule has 1 amide bonds. The van der Waals surface area contributed by atoms with E-state index in [1.165, 1.54) is 11.3 Å². The van der Waals surface area contributed by atoms with Crippen LogP contribution in [0.3, 0.4) is 0 Å². The summed E-state index contributed by atoms with van der Waals surface area (Å²) in [6, 6.07) is 9.81. The molecule has 2 heterocycles.